The first-order valence-electron chi connectivity index (χ1n) is 7.95. The first kappa shape index (κ1) is 16.7. The third-order valence-corrected chi connectivity index (χ3v) is 4.87. The van der Waals surface area contributed by atoms with Crippen LogP contribution in [0.3, 0.4) is 0 Å². The van der Waals surface area contributed by atoms with Crippen LogP contribution < -0.4 is 5.32 Å². The van der Waals surface area contributed by atoms with E-state index in [1.165, 1.54) is 0 Å². The molecule has 1 saturated heterocycles. The van der Waals surface area contributed by atoms with Crippen molar-refractivity contribution in [3.05, 3.63) is 64.1 Å². The van der Waals surface area contributed by atoms with E-state index in [1.54, 1.807) is 4.90 Å². The zero-order valence-electron chi connectivity index (χ0n) is 13.5. The molecule has 4 nitrogen and oxygen atoms in total. The summed E-state index contributed by atoms with van der Waals surface area (Å²) < 4.78 is 0.842. The first-order valence-corrected chi connectivity index (χ1v) is 8.74. The molecular formula is C19H19BrN2O2. The molecule has 5 heteroatoms. The van der Waals surface area contributed by atoms with Crippen LogP contribution >= 0.6 is 15.9 Å². The topological polar surface area (TPSA) is 49.4 Å². The van der Waals surface area contributed by atoms with E-state index >= 15 is 0 Å². The van der Waals surface area contributed by atoms with Gasteiger partial charge in [-0.1, -0.05) is 36.4 Å². The Bertz CT molecular complexity index is 761. The number of carbonyl (C=O) groups is 2. The minimum Gasteiger partial charge on any atom is -0.326 e. The SMILES string of the molecule is Cc1ccc(NC(=O)C2CCC(=O)N2Cc2ccccc2)c(Br)c1. The van der Waals surface area contributed by atoms with Crippen molar-refractivity contribution in [3.8, 4) is 0 Å². The average Bonchev–Trinajstić information content (AvgIpc) is 2.92. The number of halogens is 1. The van der Waals surface area contributed by atoms with E-state index in [0.29, 0.717) is 19.4 Å². The molecule has 0 radical (unpaired) electrons. The first-order chi connectivity index (χ1) is 11.5. The van der Waals surface area contributed by atoms with Gasteiger partial charge in [0.2, 0.25) is 11.8 Å². The van der Waals surface area contributed by atoms with Crippen molar-refractivity contribution in [1.82, 2.24) is 4.90 Å². The van der Waals surface area contributed by atoms with Gasteiger partial charge >= 0.3 is 0 Å². The van der Waals surface area contributed by atoms with Gasteiger partial charge in [-0.05, 0) is 52.5 Å². The van der Waals surface area contributed by atoms with Crippen LogP contribution in [-0.4, -0.2) is 22.8 Å². The molecule has 2 amide bonds. The molecule has 1 fully saturated rings. The van der Waals surface area contributed by atoms with Gasteiger partial charge in [0, 0.05) is 17.4 Å². The summed E-state index contributed by atoms with van der Waals surface area (Å²) in [4.78, 5) is 26.5. The summed E-state index contributed by atoms with van der Waals surface area (Å²) in [5.41, 5.74) is 2.87. The van der Waals surface area contributed by atoms with Crippen molar-refractivity contribution in [2.75, 3.05) is 5.32 Å². The Kier molecular flexibility index (Phi) is 5.00. The molecule has 0 saturated carbocycles. The second kappa shape index (κ2) is 7.18. The molecule has 1 atom stereocenters. The zero-order valence-corrected chi connectivity index (χ0v) is 15.0. The summed E-state index contributed by atoms with van der Waals surface area (Å²) in [6, 6.07) is 15.1. The van der Waals surface area contributed by atoms with Crippen molar-refractivity contribution in [3.63, 3.8) is 0 Å². The molecule has 1 N–H and O–H groups in total. The van der Waals surface area contributed by atoms with Gasteiger partial charge in [0.1, 0.15) is 6.04 Å². The summed E-state index contributed by atoms with van der Waals surface area (Å²) in [7, 11) is 0. The lowest BCUT2D eigenvalue weighted by Gasteiger charge is -2.24. The molecule has 1 unspecified atom stereocenters. The lowest BCUT2D eigenvalue weighted by atomic mass is 10.1. The van der Waals surface area contributed by atoms with Crippen molar-refractivity contribution in [1.29, 1.82) is 0 Å². The predicted molar refractivity (Wildman–Crippen MR) is 97.5 cm³/mol. The Morgan fingerprint density at radius 1 is 1.25 bits per heavy atom. The molecule has 124 valence electrons. The van der Waals surface area contributed by atoms with Crippen LogP contribution in [0.1, 0.15) is 24.0 Å². The van der Waals surface area contributed by atoms with Crippen LogP contribution in [0, 0.1) is 6.92 Å². The number of likely N-dealkylation sites (tertiary alicyclic amines) is 1. The smallest absolute Gasteiger partial charge is 0.247 e. The van der Waals surface area contributed by atoms with E-state index < -0.39 is 6.04 Å². The van der Waals surface area contributed by atoms with Crippen LogP contribution in [0.2, 0.25) is 0 Å². The molecule has 0 aromatic heterocycles. The predicted octanol–water partition coefficient (Wildman–Crippen LogP) is 3.89. The standard InChI is InChI=1S/C19H19BrN2O2/c1-13-7-8-16(15(20)11-13)21-19(24)17-9-10-18(23)22(17)12-14-5-3-2-4-6-14/h2-8,11,17H,9-10,12H2,1H3,(H,21,24). The molecule has 1 heterocycles. The van der Waals surface area contributed by atoms with Crippen LogP contribution in [0.15, 0.2) is 53.0 Å². The van der Waals surface area contributed by atoms with Crippen LogP contribution in [0.5, 0.6) is 0 Å². The van der Waals surface area contributed by atoms with Gasteiger partial charge in [0.05, 0.1) is 5.69 Å². The Morgan fingerprint density at radius 2 is 2.00 bits per heavy atom. The summed E-state index contributed by atoms with van der Waals surface area (Å²) in [6.07, 6.45) is 0.973. The van der Waals surface area contributed by atoms with Gasteiger partial charge in [-0.25, -0.2) is 0 Å². The van der Waals surface area contributed by atoms with Crippen LogP contribution in [0.4, 0.5) is 5.69 Å². The fourth-order valence-electron chi connectivity index (χ4n) is 2.92. The third-order valence-electron chi connectivity index (χ3n) is 4.21. The average molecular weight is 387 g/mol. The molecule has 3 rings (SSSR count). The number of rotatable bonds is 4. The number of nitrogens with one attached hydrogen (secondary N) is 1. The van der Waals surface area contributed by atoms with E-state index in [0.717, 1.165) is 21.3 Å². The van der Waals surface area contributed by atoms with Crippen molar-refractivity contribution in [2.45, 2.75) is 32.4 Å². The zero-order chi connectivity index (χ0) is 17.1. The second-order valence-corrected chi connectivity index (χ2v) is 6.89. The molecule has 1 aliphatic rings. The van der Waals surface area contributed by atoms with E-state index in [2.05, 4.69) is 21.2 Å². The van der Waals surface area contributed by atoms with Gasteiger partial charge in [-0.2, -0.15) is 0 Å². The molecular weight excluding hydrogens is 368 g/mol. The van der Waals surface area contributed by atoms with E-state index in [-0.39, 0.29) is 11.8 Å². The Labute approximate surface area is 150 Å². The summed E-state index contributed by atoms with van der Waals surface area (Å²) in [5, 5.41) is 2.94. The summed E-state index contributed by atoms with van der Waals surface area (Å²) in [5.74, 6) is -0.108. The fourth-order valence-corrected chi connectivity index (χ4v) is 3.51. The van der Waals surface area contributed by atoms with Crippen LogP contribution in [-0.2, 0) is 16.1 Å². The Morgan fingerprint density at radius 3 is 2.71 bits per heavy atom. The highest BCUT2D eigenvalue weighted by Crippen LogP contribution is 2.26. The number of nitrogens with zero attached hydrogens (tertiary/aromatic N) is 1. The lowest BCUT2D eigenvalue weighted by molar-refractivity contribution is -0.133. The van der Waals surface area contributed by atoms with Crippen molar-refractivity contribution < 1.29 is 9.59 Å². The number of hydrogen-bond donors (Lipinski definition) is 1. The highest BCUT2D eigenvalue weighted by molar-refractivity contribution is 9.10. The third kappa shape index (κ3) is 3.67. The van der Waals surface area contributed by atoms with E-state index in [4.69, 9.17) is 0 Å². The summed E-state index contributed by atoms with van der Waals surface area (Å²) in [6.45, 7) is 2.46. The highest BCUT2D eigenvalue weighted by Gasteiger charge is 2.36. The van der Waals surface area contributed by atoms with E-state index in [9.17, 15) is 9.59 Å². The summed E-state index contributed by atoms with van der Waals surface area (Å²) >= 11 is 3.47. The van der Waals surface area contributed by atoms with Gasteiger partial charge in [0.15, 0.2) is 0 Å². The van der Waals surface area contributed by atoms with Gasteiger partial charge in [0.25, 0.3) is 0 Å². The maximum absolute atomic E-state index is 12.7. The molecule has 24 heavy (non-hydrogen) atoms. The monoisotopic (exact) mass is 386 g/mol. The van der Waals surface area contributed by atoms with Crippen LogP contribution in [0.25, 0.3) is 0 Å². The van der Waals surface area contributed by atoms with Gasteiger partial charge in [-0.3, -0.25) is 9.59 Å². The number of anilines is 1. The number of amides is 2. The fraction of sp³-hybridized carbons (Fsp3) is 0.263. The maximum Gasteiger partial charge on any atom is 0.247 e. The van der Waals surface area contributed by atoms with Crippen molar-refractivity contribution >= 4 is 33.4 Å². The maximum atomic E-state index is 12.7. The van der Waals surface area contributed by atoms with Gasteiger partial charge < -0.3 is 10.2 Å². The van der Waals surface area contributed by atoms with Gasteiger partial charge in [-0.15, -0.1) is 0 Å². The minimum absolute atomic E-state index is 0.0296. The number of benzene rings is 2. The molecule has 0 spiro atoms. The number of carbonyl (C=O) groups excluding carboxylic acids is 2. The van der Waals surface area contributed by atoms with E-state index in [1.807, 2.05) is 55.5 Å². The molecule has 2 aromatic rings. The normalized spacial score (nSPS) is 17.2. The van der Waals surface area contributed by atoms with Crippen molar-refractivity contribution in [2.24, 2.45) is 0 Å². The number of aryl methyl sites for hydroxylation is 1. The Balaban J connectivity index is 1.74. The highest BCUT2D eigenvalue weighted by atomic mass is 79.9. The molecule has 0 bridgehead atoms. The number of hydrogen-bond acceptors (Lipinski definition) is 2. The Hall–Kier alpha value is -2.14. The molecule has 2 aromatic carbocycles. The molecule has 0 aliphatic carbocycles. The second-order valence-electron chi connectivity index (χ2n) is 6.03. The quantitative estimate of drug-likeness (QED) is 0.866. The largest absolute Gasteiger partial charge is 0.326 e. The lowest BCUT2D eigenvalue weighted by Crippen LogP contribution is -2.41. The minimum atomic E-state index is -0.425. The molecule has 1 aliphatic heterocycles.